The number of ether oxygens (including phenoxy) is 1. The lowest BCUT2D eigenvalue weighted by molar-refractivity contribution is -0.119. The zero-order valence-corrected chi connectivity index (χ0v) is 14.2. The Kier molecular flexibility index (Phi) is 6.37. The number of benzene rings is 2. The second-order valence-corrected chi connectivity index (χ2v) is 5.70. The van der Waals surface area contributed by atoms with Crippen LogP contribution >= 0.6 is 0 Å². The Morgan fingerprint density at radius 2 is 1.79 bits per heavy atom. The number of hydrogen-bond acceptors (Lipinski definition) is 4. The summed E-state index contributed by atoms with van der Waals surface area (Å²) in [6.07, 6.45) is 1.63. The maximum Gasteiger partial charge on any atom is 0.259 e. The SMILES string of the molecule is COc1ccc(NCC(=O)N/N=C/c2ccc(C(C)C)cc2)cc1. The number of amides is 1. The van der Waals surface area contributed by atoms with Crippen molar-refractivity contribution < 1.29 is 9.53 Å². The molecule has 0 unspecified atom stereocenters. The average Bonchev–Trinajstić information content (AvgIpc) is 2.61. The molecule has 5 heteroatoms. The standard InChI is InChI=1S/C19H23N3O2/c1-14(2)16-6-4-15(5-7-16)12-21-22-19(23)13-20-17-8-10-18(24-3)11-9-17/h4-12,14,20H,13H2,1-3H3,(H,22,23)/b21-12+. The Balaban J connectivity index is 1.77. The topological polar surface area (TPSA) is 62.7 Å². The van der Waals surface area contributed by atoms with Crippen LogP contribution in [0.15, 0.2) is 53.6 Å². The van der Waals surface area contributed by atoms with Crippen molar-refractivity contribution in [3.8, 4) is 5.75 Å². The summed E-state index contributed by atoms with van der Waals surface area (Å²) in [7, 11) is 1.62. The van der Waals surface area contributed by atoms with E-state index < -0.39 is 0 Å². The van der Waals surface area contributed by atoms with E-state index in [9.17, 15) is 4.79 Å². The van der Waals surface area contributed by atoms with Crippen molar-refractivity contribution >= 4 is 17.8 Å². The quantitative estimate of drug-likeness (QED) is 0.606. The molecule has 2 N–H and O–H groups in total. The van der Waals surface area contributed by atoms with Gasteiger partial charge in [-0.25, -0.2) is 5.43 Å². The summed E-state index contributed by atoms with van der Waals surface area (Å²) in [4.78, 5) is 11.8. The molecule has 0 aliphatic heterocycles. The van der Waals surface area contributed by atoms with Gasteiger partial charge in [-0.15, -0.1) is 0 Å². The number of nitrogens with zero attached hydrogens (tertiary/aromatic N) is 1. The van der Waals surface area contributed by atoms with Crippen LogP contribution in [0.5, 0.6) is 5.75 Å². The monoisotopic (exact) mass is 325 g/mol. The van der Waals surface area contributed by atoms with Gasteiger partial charge in [0, 0.05) is 5.69 Å². The van der Waals surface area contributed by atoms with Crippen molar-refractivity contribution in [1.82, 2.24) is 5.43 Å². The van der Waals surface area contributed by atoms with E-state index in [-0.39, 0.29) is 12.5 Å². The summed E-state index contributed by atoms with van der Waals surface area (Å²) in [5.41, 5.74) is 5.58. The molecule has 2 aromatic rings. The first kappa shape index (κ1) is 17.5. The Hall–Kier alpha value is -2.82. The largest absolute Gasteiger partial charge is 0.497 e. The molecule has 0 atom stereocenters. The normalized spacial score (nSPS) is 10.8. The van der Waals surface area contributed by atoms with Crippen molar-refractivity contribution in [3.05, 3.63) is 59.7 Å². The third-order valence-corrected chi connectivity index (χ3v) is 3.55. The van der Waals surface area contributed by atoms with Crippen molar-refractivity contribution in [2.45, 2.75) is 19.8 Å². The van der Waals surface area contributed by atoms with Crippen molar-refractivity contribution in [2.24, 2.45) is 5.10 Å². The summed E-state index contributed by atoms with van der Waals surface area (Å²) in [5, 5.41) is 6.99. The number of methoxy groups -OCH3 is 1. The van der Waals surface area contributed by atoms with Gasteiger partial charge in [-0.1, -0.05) is 38.1 Å². The third-order valence-electron chi connectivity index (χ3n) is 3.55. The van der Waals surface area contributed by atoms with E-state index in [0.29, 0.717) is 5.92 Å². The lowest BCUT2D eigenvalue weighted by Gasteiger charge is -2.06. The number of nitrogens with one attached hydrogen (secondary N) is 2. The van der Waals surface area contributed by atoms with Crippen LogP contribution in [-0.2, 0) is 4.79 Å². The molecule has 0 heterocycles. The van der Waals surface area contributed by atoms with Crippen LogP contribution in [0.3, 0.4) is 0 Å². The van der Waals surface area contributed by atoms with E-state index >= 15 is 0 Å². The molecule has 126 valence electrons. The van der Waals surface area contributed by atoms with Gasteiger partial charge >= 0.3 is 0 Å². The van der Waals surface area contributed by atoms with Gasteiger partial charge < -0.3 is 10.1 Å². The van der Waals surface area contributed by atoms with Crippen molar-refractivity contribution in [1.29, 1.82) is 0 Å². The van der Waals surface area contributed by atoms with Crippen LogP contribution in [0.2, 0.25) is 0 Å². The number of carbonyl (C=O) groups excluding carboxylic acids is 1. The Labute approximate surface area is 142 Å². The smallest absolute Gasteiger partial charge is 0.259 e. The molecule has 5 nitrogen and oxygen atoms in total. The molecule has 0 aliphatic rings. The van der Waals surface area contributed by atoms with Gasteiger partial charge in [0.25, 0.3) is 5.91 Å². The van der Waals surface area contributed by atoms with Gasteiger partial charge in [0.05, 0.1) is 19.9 Å². The minimum absolute atomic E-state index is 0.149. The lowest BCUT2D eigenvalue weighted by atomic mass is 10.0. The maximum atomic E-state index is 11.8. The minimum Gasteiger partial charge on any atom is -0.497 e. The summed E-state index contributed by atoms with van der Waals surface area (Å²) in [6, 6.07) is 15.5. The fraction of sp³-hybridized carbons (Fsp3) is 0.263. The van der Waals surface area contributed by atoms with Crippen LogP contribution in [0, 0.1) is 0 Å². The van der Waals surface area contributed by atoms with Crippen LogP contribution < -0.4 is 15.5 Å². The number of anilines is 1. The molecule has 0 aliphatic carbocycles. The van der Waals surface area contributed by atoms with Crippen molar-refractivity contribution in [2.75, 3.05) is 19.0 Å². The van der Waals surface area contributed by atoms with E-state index in [1.807, 2.05) is 36.4 Å². The fourth-order valence-electron chi connectivity index (χ4n) is 2.08. The zero-order chi connectivity index (χ0) is 17.4. The predicted octanol–water partition coefficient (Wildman–Crippen LogP) is 3.38. The molecule has 0 spiro atoms. The van der Waals surface area contributed by atoms with Gasteiger partial charge in [-0.05, 0) is 41.3 Å². The highest BCUT2D eigenvalue weighted by molar-refractivity contribution is 5.84. The molecular formula is C19H23N3O2. The third kappa shape index (κ3) is 5.43. The number of hydrogen-bond donors (Lipinski definition) is 2. The molecule has 0 saturated heterocycles. The first-order chi connectivity index (χ1) is 11.6. The highest BCUT2D eigenvalue weighted by Crippen LogP contribution is 2.15. The molecule has 0 bridgehead atoms. The van der Waals surface area contributed by atoms with E-state index in [1.165, 1.54) is 5.56 Å². The van der Waals surface area contributed by atoms with E-state index in [0.717, 1.165) is 17.0 Å². The maximum absolute atomic E-state index is 11.8. The van der Waals surface area contributed by atoms with Crippen LogP contribution in [0.4, 0.5) is 5.69 Å². The second kappa shape index (κ2) is 8.72. The Bertz CT molecular complexity index is 677. The van der Waals surface area contributed by atoms with E-state index in [2.05, 4.69) is 41.8 Å². The van der Waals surface area contributed by atoms with Gasteiger partial charge in [-0.2, -0.15) is 5.10 Å². The molecule has 24 heavy (non-hydrogen) atoms. The molecule has 0 radical (unpaired) electrons. The first-order valence-electron chi connectivity index (χ1n) is 7.88. The fourth-order valence-corrected chi connectivity index (χ4v) is 2.08. The summed E-state index contributed by atoms with van der Waals surface area (Å²) < 4.78 is 5.08. The molecule has 0 saturated carbocycles. The highest BCUT2D eigenvalue weighted by atomic mass is 16.5. The first-order valence-corrected chi connectivity index (χ1v) is 7.88. The molecular weight excluding hydrogens is 302 g/mol. The Morgan fingerprint density at radius 1 is 1.12 bits per heavy atom. The molecule has 0 aromatic heterocycles. The number of hydrazone groups is 1. The minimum atomic E-state index is -0.208. The van der Waals surface area contributed by atoms with Crippen LogP contribution in [0.1, 0.15) is 30.9 Å². The molecule has 1 amide bonds. The summed E-state index contributed by atoms with van der Waals surface area (Å²) in [5.74, 6) is 1.07. The zero-order valence-electron chi connectivity index (χ0n) is 14.2. The average molecular weight is 325 g/mol. The number of carbonyl (C=O) groups is 1. The van der Waals surface area contributed by atoms with Gasteiger partial charge in [0.15, 0.2) is 0 Å². The van der Waals surface area contributed by atoms with Gasteiger partial charge in [0.2, 0.25) is 0 Å². The summed E-state index contributed by atoms with van der Waals surface area (Å²) in [6.45, 7) is 4.45. The van der Waals surface area contributed by atoms with Gasteiger partial charge in [-0.3, -0.25) is 4.79 Å². The number of rotatable bonds is 7. The molecule has 2 rings (SSSR count). The van der Waals surface area contributed by atoms with E-state index in [1.54, 1.807) is 13.3 Å². The second-order valence-electron chi connectivity index (χ2n) is 5.70. The van der Waals surface area contributed by atoms with Crippen molar-refractivity contribution in [3.63, 3.8) is 0 Å². The molecule has 2 aromatic carbocycles. The van der Waals surface area contributed by atoms with Crippen LogP contribution in [-0.4, -0.2) is 25.8 Å². The molecule has 0 fully saturated rings. The lowest BCUT2D eigenvalue weighted by Crippen LogP contribution is -2.25. The summed E-state index contributed by atoms with van der Waals surface area (Å²) >= 11 is 0. The Morgan fingerprint density at radius 3 is 2.38 bits per heavy atom. The van der Waals surface area contributed by atoms with E-state index in [4.69, 9.17) is 4.74 Å². The highest BCUT2D eigenvalue weighted by Gasteiger charge is 2.00. The predicted molar refractivity (Wildman–Crippen MR) is 97.8 cm³/mol. The van der Waals surface area contributed by atoms with Gasteiger partial charge in [0.1, 0.15) is 5.75 Å². The van der Waals surface area contributed by atoms with Crippen LogP contribution in [0.25, 0.3) is 0 Å².